The number of hydrogen-bond donors (Lipinski definition) is 1. The van der Waals surface area contributed by atoms with E-state index in [-0.39, 0.29) is 11.2 Å². The monoisotopic (exact) mass is 336 g/mol. The SMILES string of the molecule is CC1(C)COC2(CCC(NCc3nn4ccnc4s3)CC2)OC1. The van der Waals surface area contributed by atoms with E-state index in [1.165, 1.54) is 0 Å². The summed E-state index contributed by atoms with van der Waals surface area (Å²) in [6.07, 6.45) is 7.79. The number of imidazole rings is 1. The lowest BCUT2D eigenvalue weighted by Gasteiger charge is -2.46. The van der Waals surface area contributed by atoms with E-state index in [0.717, 1.165) is 55.4 Å². The number of aromatic nitrogens is 3. The minimum absolute atomic E-state index is 0.142. The predicted octanol–water partition coefficient (Wildman–Crippen LogP) is 2.59. The van der Waals surface area contributed by atoms with Crippen molar-refractivity contribution in [3.8, 4) is 0 Å². The predicted molar refractivity (Wildman–Crippen MR) is 88.4 cm³/mol. The molecule has 0 amide bonds. The Bertz CT molecular complexity index is 632. The van der Waals surface area contributed by atoms with Crippen molar-refractivity contribution in [1.29, 1.82) is 0 Å². The smallest absolute Gasteiger partial charge is 0.212 e. The zero-order chi connectivity index (χ0) is 15.9. The van der Waals surface area contributed by atoms with Crippen LogP contribution < -0.4 is 5.32 Å². The van der Waals surface area contributed by atoms with Crippen LogP contribution in [0.25, 0.3) is 4.96 Å². The molecule has 0 radical (unpaired) electrons. The minimum atomic E-state index is -0.324. The maximum Gasteiger partial charge on any atom is 0.212 e. The molecule has 1 saturated carbocycles. The summed E-state index contributed by atoms with van der Waals surface area (Å²) in [5.41, 5.74) is 0.142. The molecule has 0 bridgehead atoms. The Morgan fingerprint density at radius 1 is 1.30 bits per heavy atom. The molecule has 1 aliphatic carbocycles. The van der Waals surface area contributed by atoms with Gasteiger partial charge in [-0.05, 0) is 12.8 Å². The maximum atomic E-state index is 6.09. The molecule has 0 aromatic carbocycles. The highest BCUT2D eigenvalue weighted by molar-refractivity contribution is 7.16. The quantitative estimate of drug-likeness (QED) is 0.933. The van der Waals surface area contributed by atoms with E-state index in [1.807, 2.05) is 10.7 Å². The molecule has 2 fully saturated rings. The number of rotatable bonds is 3. The molecular formula is C16H24N4O2S. The summed E-state index contributed by atoms with van der Waals surface area (Å²) in [5, 5.41) is 9.22. The number of fused-ring (bicyclic) bond motifs is 1. The van der Waals surface area contributed by atoms with Crippen molar-refractivity contribution < 1.29 is 9.47 Å². The largest absolute Gasteiger partial charge is 0.349 e. The normalized spacial score (nSPS) is 24.4. The van der Waals surface area contributed by atoms with Gasteiger partial charge in [0.2, 0.25) is 4.96 Å². The molecule has 7 heteroatoms. The standard InChI is InChI=1S/C16H24N4O2S/c1-15(2)10-21-16(22-11-15)5-3-12(4-6-16)18-9-13-19-20-8-7-17-14(20)23-13/h7-8,12,18H,3-6,9-11H2,1-2H3. The average molecular weight is 336 g/mol. The summed E-state index contributed by atoms with van der Waals surface area (Å²) in [4.78, 5) is 5.22. The topological polar surface area (TPSA) is 60.7 Å². The molecule has 23 heavy (non-hydrogen) atoms. The highest BCUT2D eigenvalue weighted by atomic mass is 32.1. The molecule has 0 unspecified atom stereocenters. The van der Waals surface area contributed by atoms with Gasteiger partial charge in [0.1, 0.15) is 5.01 Å². The summed E-state index contributed by atoms with van der Waals surface area (Å²) < 4.78 is 14.0. The Morgan fingerprint density at radius 2 is 2.04 bits per heavy atom. The van der Waals surface area contributed by atoms with Gasteiger partial charge in [0.15, 0.2) is 5.79 Å². The van der Waals surface area contributed by atoms with Gasteiger partial charge >= 0.3 is 0 Å². The van der Waals surface area contributed by atoms with E-state index in [2.05, 4.69) is 29.2 Å². The Hall–Kier alpha value is -1.02. The first-order chi connectivity index (χ1) is 11.0. The third-order valence-corrected chi connectivity index (χ3v) is 5.70. The lowest BCUT2D eigenvalue weighted by atomic mass is 9.87. The van der Waals surface area contributed by atoms with Crippen LogP contribution in [0.4, 0.5) is 0 Å². The number of nitrogens with one attached hydrogen (secondary N) is 1. The molecule has 3 heterocycles. The highest BCUT2D eigenvalue weighted by Crippen LogP contribution is 2.39. The second-order valence-electron chi connectivity index (χ2n) is 7.46. The average Bonchev–Trinajstić information content (AvgIpc) is 3.11. The van der Waals surface area contributed by atoms with Gasteiger partial charge in [-0.1, -0.05) is 25.2 Å². The lowest BCUT2D eigenvalue weighted by Crippen LogP contribution is -2.51. The summed E-state index contributed by atoms with van der Waals surface area (Å²) in [6, 6.07) is 0.513. The molecule has 1 aliphatic heterocycles. The van der Waals surface area contributed by atoms with Crippen molar-refractivity contribution in [2.45, 2.75) is 57.9 Å². The van der Waals surface area contributed by atoms with Crippen LogP contribution in [-0.2, 0) is 16.0 Å². The molecule has 1 spiro atoms. The molecule has 0 atom stereocenters. The van der Waals surface area contributed by atoms with Crippen molar-refractivity contribution in [2.75, 3.05) is 13.2 Å². The van der Waals surface area contributed by atoms with Gasteiger partial charge in [-0.2, -0.15) is 5.10 Å². The molecule has 126 valence electrons. The molecule has 2 aliphatic rings. The molecule has 4 rings (SSSR count). The first-order valence-electron chi connectivity index (χ1n) is 8.34. The fraction of sp³-hybridized carbons (Fsp3) is 0.750. The van der Waals surface area contributed by atoms with Crippen LogP contribution in [0.3, 0.4) is 0 Å². The molecule has 2 aromatic rings. The zero-order valence-corrected chi connectivity index (χ0v) is 14.6. The van der Waals surface area contributed by atoms with Crippen LogP contribution in [0.15, 0.2) is 12.4 Å². The third-order valence-electron chi connectivity index (χ3n) is 4.76. The van der Waals surface area contributed by atoms with Gasteiger partial charge in [-0.15, -0.1) is 0 Å². The van der Waals surface area contributed by atoms with E-state index < -0.39 is 0 Å². The van der Waals surface area contributed by atoms with E-state index in [4.69, 9.17) is 9.47 Å². The van der Waals surface area contributed by atoms with Crippen molar-refractivity contribution in [3.05, 3.63) is 17.4 Å². The van der Waals surface area contributed by atoms with Crippen LogP contribution in [0.1, 0.15) is 44.5 Å². The van der Waals surface area contributed by atoms with Gasteiger partial charge in [0, 0.05) is 37.0 Å². The molecule has 2 aromatic heterocycles. The maximum absolute atomic E-state index is 6.09. The van der Waals surface area contributed by atoms with Gasteiger partial charge in [0.05, 0.1) is 19.4 Å². The van der Waals surface area contributed by atoms with Crippen molar-refractivity contribution in [1.82, 2.24) is 19.9 Å². The second kappa shape index (κ2) is 5.81. The van der Waals surface area contributed by atoms with Crippen LogP contribution in [-0.4, -0.2) is 39.6 Å². The first kappa shape index (κ1) is 15.5. The van der Waals surface area contributed by atoms with Gasteiger partial charge in [-0.3, -0.25) is 0 Å². The summed E-state index contributed by atoms with van der Waals surface area (Å²) in [7, 11) is 0. The van der Waals surface area contributed by atoms with E-state index >= 15 is 0 Å². The summed E-state index contributed by atoms with van der Waals surface area (Å²) in [5.74, 6) is -0.324. The Kier molecular flexibility index (Phi) is 3.91. The molecule has 1 saturated heterocycles. The zero-order valence-electron chi connectivity index (χ0n) is 13.7. The second-order valence-corrected chi connectivity index (χ2v) is 8.50. The third kappa shape index (κ3) is 3.28. The molecule has 6 nitrogen and oxygen atoms in total. The Labute approximate surface area is 140 Å². The van der Waals surface area contributed by atoms with Crippen LogP contribution in [0.2, 0.25) is 0 Å². The molecule has 1 N–H and O–H groups in total. The van der Waals surface area contributed by atoms with E-state index in [0.29, 0.717) is 6.04 Å². The van der Waals surface area contributed by atoms with Crippen LogP contribution in [0.5, 0.6) is 0 Å². The fourth-order valence-corrected chi connectivity index (χ4v) is 4.07. The summed E-state index contributed by atoms with van der Waals surface area (Å²) >= 11 is 1.64. The van der Waals surface area contributed by atoms with Crippen LogP contribution in [0, 0.1) is 5.41 Å². The number of nitrogens with zero attached hydrogens (tertiary/aromatic N) is 3. The van der Waals surface area contributed by atoms with Gasteiger partial charge in [0.25, 0.3) is 0 Å². The van der Waals surface area contributed by atoms with Crippen LogP contribution >= 0.6 is 11.3 Å². The minimum Gasteiger partial charge on any atom is -0.349 e. The van der Waals surface area contributed by atoms with Gasteiger partial charge in [-0.25, -0.2) is 9.50 Å². The highest BCUT2D eigenvalue weighted by Gasteiger charge is 2.43. The van der Waals surface area contributed by atoms with Crippen molar-refractivity contribution in [3.63, 3.8) is 0 Å². The van der Waals surface area contributed by atoms with E-state index in [1.54, 1.807) is 17.5 Å². The molecular weight excluding hydrogens is 312 g/mol. The lowest BCUT2D eigenvalue weighted by molar-refractivity contribution is -0.311. The van der Waals surface area contributed by atoms with Crippen molar-refractivity contribution in [2.24, 2.45) is 5.41 Å². The fourth-order valence-electron chi connectivity index (χ4n) is 3.27. The number of ether oxygens (including phenoxy) is 2. The number of hydrogen-bond acceptors (Lipinski definition) is 6. The van der Waals surface area contributed by atoms with E-state index in [9.17, 15) is 0 Å². The summed E-state index contributed by atoms with van der Waals surface area (Å²) in [6.45, 7) is 6.78. The van der Waals surface area contributed by atoms with Crippen molar-refractivity contribution >= 4 is 16.3 Å². The Balaban J connectivity index is 1.27. The van der Waals surface area contributed by atoms with Gasteiger partial charge < -0.3 is 14.8 Å². The Morgan fingerprint density at radius 3 is 2.74 bits per heavy atom. The first-order valence-corrected chi connectivity index (χ1v) is 9.16.